The van der Waals surface area contributed by atoms with E-state index in [0.717, 1.165) is 42.3 Å². The molecule has 1 atom stereocenters. The summed E-state index contributed by atoms with van der Waals surface area (Å²) in [7, 11) is 0. The van der Waals surface area contributed by atoms with E-state index in [9.17, 15) is 5.11 Å². The second-order valence-electron chi connectivity index (χ2n) is 7.13. The van der Waals surface area contributed by atoms with Crippen molar-refractivity contribution in [2.24, 2.45) is 10.9 Å². The van der Waals surface area contributed by atoms with Crippen LogP contribution in [-0.4, -0.2) is 10.8 Å². The quantitative estimate of drug-likeness (QED) is 0.662. The molecule has 0 bridgehead atoms. The number of aliphatic hydroxyl groups excluding tert-OH is 1. The van der Waals surface area contributed by atoms with Crippen molar-refractivity contribution in [1.82, 2.24) is 0 Å². The highest BCUT2D eigenvalue weighted by atomic mass is 16.2. The fourth-order valence-electron chi connectivity index (χ4n) is 4.12. The van der Waals surface area contributed by atoms with Gasteiger partial charge in [0.05, 0.1) is 11.9 Å². The number of hydrogen-bond donors (Lipinski definition) is 1. The third kappa shape index (κ3) is 2.82. The van der Waals surface area contributed by atoms with Crippen molar-refractivity contribution >= 4 is 22.5 Å². The van der Waals surface area contributed by atoms with Crippen LogP contribution in [-0.2, 0) is 6.42 Å². The molecule has 2 aliphatic carbocycles. The minimum Gasteiger partial charge on any atom is -0.515 e. The first-order valence-corrected chi connectivity index (χ1v) is 8.94. The van der Waals surface area contributed by atoms with Gasteiger partial charge in [0.25, 0.3) is 0 Å². The second kappa shape index (κ2) is 6.36. The number of fused-ring (bicyclic) bond motifs is 2. The summed E-state index contributed by atoms with van der Waals surface area (Å²) in [6.45, 7) is 4.25. The molecule has 0 saturated carbocycles. The summed E-state index contributed by atoms with van der Waals surface area (Å²) < 4.78 is 0. The van der Waals surface area contributed by atoms with Crippen LogP contribution in [0.25, 0.3) is 11.1 Å². The summed E-state index contributed by atoms with van der Waals surface area (Å²) >= 11 is 0. The molecule has 1 N–H and O–H groups in total. The van der Waals surface area contributed by atoms with Crippen LogP contribution in [0, 0.1) is 5.92 Å². The SMILES string of the molecule is C/C(=C/O)c1ccccc1N=C1CC2=C(C1)C(C)Cc1ccccc12. The molecule has 0 amide bonds. The van der Waals surface area contributed by atoms with Crippen molar-refractivity contribution < 1.29 is 5.11 Å². The van der Waals surface area contributed by atoms with Crippen molar-refractivity contribution in [3.8, 4) is 0 Å². The summed E-state index contributed by atoms with van der Waals surface area (Å²) in [5.74, 6) is 0.590. The summed E-state index contributed by atoms with van der Waals surface area (Å²) in [6.07, 6.45) is 4.20. The molecule has 0 spiro atoms. The number of aliphatic hydroxyl groups is 1. The van der Waals surface area contributed by atoms with E-state index in [4.69, 9.17) is 4.99 Å². The third-order valence-corrected chi connectivity index (χ3v) is 5.43. The lowest BCUT2D eigenvalue weighted by atomic mass is 9.81. The van der Waals surface area contributed by atoms with Gasteiger partial charge in [0.2, 0.25) is 0 Å². The van der Waals surface area contributed by atoms with Crippen LogP contribution >= 0.6 is 0 Å². The molecule has 2 heteroatoms. The number of aliphatic imine (C=N–C) groups is 1. The van der Waals surface area contributed by atoms with E-state index in [1.807, 2.05) is 31.2 Å². The topological polar surface area (TPSA) is 32.6 Å². The highest BCUT2D eigenvalue weighted by Gasteiger charge is 2.30. The zero-order valence-corrected chi connectivity index (χ0v) is 14.8. The fraction of sp³-hybridized carbons (Fsp3) is 0.261. The van der Waals surface area contributed by atoms with Crippen LogP contribution < -0.4 is 0 Å². The maximum atomic E-state index is 9.37. The fourth-order valence-corrected chi connectivity index (χ4v) is 4.12. The van der Waals surface area contributed by atoms with Gasteiger partial charge in [-0.05, 0) is 47.6 Å². The minimum absolute atomic E-state index is 0.590. The van der Waals surface area contributed by atoms with E-state index in [0.29, 0.717) is 5.92 Å². The Morgan fingerprint density at radius 1 is 1.08 bits per heavy atom. The minimum atomic E-state index is 0.590. The van der Waals surface area contributed by atoms with Gasteiger partial charge in [0.15, 0.2) is 0 Å². The molecule has 4 rings (SSSR count). The molecule has 0 aliphatic heterocycles. The molecule has 0 radical (unpaired) electrons. The smallest absolute Gasteiger partial charge is 0.0827 e. The molecule has 2 aliphatic rings. The van der Waals surface area contributed by atoms with Crippen LogP contribution in [0.2, 0.25) is 0 Å². The van der Waals surface area contributed by atoms with E-state index >= 15 is 0 Å². The number of para-hydroxylation sites is 1. The number of nitrogens with zero attached hydrogens (tertiary/aromatic N) is 1. The monoisotopic (exact) mass is 329 g/mol. The molecule has 126 valence electrons. The Kier molecular flexibility index (Phi) is 4.04. The van der Waals surface area contributed by atoms with Crippen molar-refractivity contribution in [2.75, 3.05) is 0 Å². The molecule has 0 fully saturated rings. The lowest BCUT2D eigenvalue weighted by Gasteiger charge is -2.24. The Bertz CT molecular complexity index is 917. The average molecular weight is 329 g/mol. The number of hydrogen-bond acceptors (Lipinski definition) is 2. The molecule has 1 unspecified atom stereocenters. The van der Waals surface area contributed by atoms with Crippen LogP contribution in [0.4, 0.5) is 5.69 Å². The van der Waals surface area contributed by atoms with Gasteiger partial charge in [-0.2, -0.15) is 0 Å². The summed E-state index contributed by atoms with van der Waals surface area (Å²) in [6, 6.07) is 16.8. The maximum Gasteiger partial charge on any atom is 0.0827 e. The first-order valence-electron chi connectivity index (χ1n) is 8.94. The van der Waals surface area contributed by atoms with Gasteiger partial charge in [-0.1, -0.05) is 55.0 Å². The molecule has 0 saturated heterocycles. The summed E-state index contributed by atoms with van der Waals surface area (Å²) in [5.41, 5.74) is 9.94. The molecular formula is C23H23NO. The van der Waals surface area contributed by atoms with Gasteiger partial charge in [-0.3, -0.25) is 4.99 Å². The van der Waals surface area contributed by atoms with Gasteiger partial charge in [0.1, 0.15) is 0 Å². The van der Waals surface area contributed by atoms with Gasteiger partial charge in [-0.25, -0.2) is 0 Å². The molecule has 0 aromatic heterocycles. The predicted molar refractivity (Wildman–Crippen MR) is 105 cm³/mol. The third-order valence-electron chi connectivity index (χ3n) is 5.43. The van der Waals surface area contributed by atoms with Gasteiger partial charge in [-0.15, -0.1) is 0 Å². The van der Waals surface area contributed by atoms with Crippen LogP contribution in [0.1, 0.15) is 43.4 Å². The van der Waals surface area contributed by atoms with Crippen molar-refractivity contribution in [3.05, 3.63) is 77.1 Å². The standard InChI is InChI=1S/C23H23NO/c1-15-11-17-7-3-4-9-20(17)22-13-18(12-21(15)22)24-23-10-6-5-8-19(23)16(2)14-25/h3-10,14-15,25H,11-13H2,1-2H3/b16-14-,24-18?. The Labute approximate surface area is 149 Å². The van der Waals surface area contributed by atoms with Crippen LogP contribution in [0.3, 0.4) is 0 Å². The Hall–Kier alpha value is -2.61. The summed E-state index contributed by atoms with van der Waals surface area (Å²) in [5, 5.41) is 9.37. The van der Waals surface area contributed by atoms with E-state index in [1.54, 1.807) is 5.57 Å². The van der Waals surface area contributed by atoms with Crippen LogP contribution in [0.15, 0.2) is 65.4 Å². The van der Waals surface area contributed by atoms with Gasteiger partial charge < -0.3 is 5.11 Å². The first kappa shape index (κ1) is 15.9. The number of allylic oxidation sites excluding steroid dienone is 3. The predicted octanol–water partition coefficient (Wildman–Crippen LogP) is 6.12. The molecular weight excluding hydrogens is 306 g/mol. The van der Waals surface area contributed by atoms with Crippen molar-refractivity contribution in [3.63, 3.8) is 0 Å². The van der Waals surface area contributed by atoms with Gasteiger partial charge >= 0.3 is 0 Å². The molecule has 2 aromatic carbocycles. The van der Waals surface area contributed by atoms with Crippen molar-refractivity contribution in [1.29, 1.82) is 0 Å². The van der Waals surface area contributed by atoms with Crippen LogP contribution in [0.5, 0.6) is 0 Å². The van der Waals surface area contributed by atoms with E-state index in [1.165, 1.54) is 22.4 Å². The van der Waals surface area contributed by atoms with E-state index in [2.05, 4.69) is 31.2 Å². The lowest BCUT2D eigenvalue weighted by molar-refractivity contribution is 0.475. The van der Waals surface area contributed by atoms with E-state index < -0.39 is 0 Å². The first-order chi connectivity index (χ1) is 12.2. The molecule has 25 heavy (non-hydrogen) atoms. The molecule has 2 nitrogen and oxygen atoms in total. The van der Waals surface area contributed by atoms with E-state index in [-0.39, 0.29) is 0 Å². The largest absolute Gasteiger partial charge is 0.515 e. The van der Waals surface area contributed by atoms with Crippen molar-refractivity contribution in [2.45, 2.75) is 33.1 Å². The molecule has 0 heterocycles. The highest BCUT2D eigenvalue weighted by Crippen LogP contribution is 2.43. The maximum absolute atomic E-state index is 9.37. The zero-order chi connectivity index (χ0) is 17.4. The Balaban J connectivity index is 1.71. The zero-order valence-electron chi connectivity index (χ0n) is 14.8. The molecule has 2 aromatic rings. The average Bonchev–Trinajstić information content (AvgIpc) is 3.06. The number of benzene rings is 2. The normalized spacial score (nSPS) is 21.4. The second-order valence-corrected chi connectivity index (χ2v) is 7.13. The summed E-state index contributed by atoms with van der Waals surface area (Å²) in [4.78, 5) is 4.98. The Morgan fingerprint density at radius 3 is 2.68 bits per heavy atom. The van der Waals surface area contributed by atoms with Gasteiger partial charge in [0, 0.05) is 24.1 Å². The lowest BCUT2D eigenvalue weighted by Crippen LogP contribution is -2.10. The Morgan fingerprint density at radius 2 is 1.84 bits per heavy atom. The highest BCUT2D eigenvalue weighted by molar-refractivity contribution is 6.04. The number of rotatable bonds is 2.